The van der Waals surface area contributed by atoms with Gasteiger partial charge in [0.15, 0.2) is 11.5 Å². The van der Waals surface area contributed by atoms with Crippen LogP contribution in [0.2, 0.25) is 0 Å². The zero-order valence-corrected chi connectivity index (χ0v) is 18.9. The van der Waals surface area contributed by atoms with Gasteiger partial charge in [0.25, 0.3) is 0 Å². The second-order valence-electron chi connectivity index (χ2n) is 7.00. The molecule has 164 valence electrons. The molecule has 4 rings (SSSR count). The highest BCUT2D eigenvalue weighted by Gasteiger charge is 2.21. The summed E-state index contributed by atoms with van der Waals surface area (Å²) in [4.78, 5) is 2.43. The van der Waals surface area contributed by atoms with Crippen molar-refractivity contribution in [2.45, 2.75) is 6.04 Å². The Labute approximate surface area is 196 Å². The minimum absolute atomic E-state index is 0. The van der Waals surface area contributed by atoms with E-state index in [0.717, 1.165) is 43.2 Å². The Morgan fingerprint density at radius 2 is 1.32 bits per heavy atom. The van der Waals surface area contributed by atoms with Crippen LogP contribution in [-0.4, -0.2) is 31.1 Å². The zero-order valence-electron chi connectivity index (χ0n) is 17.3. The standard InChI is InChI=1S/C25H26N2O2.2ClH/c1-2-23(27-17-15-26-16-18-27)20-13-14-24(28-21-9-5-3-6-10-21)25(19-20)29-22-11-7-4-8-12-22;;/h2-14,19,23,26H,1,15-18H2;2*1H/t23-;;/m0../s1. The monoisotopic (exact) mass is 458 g/mol. The number of para-hydroxylation sites is 2. The van der Waals surface area contributed by atoms with Crippen LogP contribution < -0.4 is 14.8 Å². The number of benzene rings is 3. The summed E-state index contributed by atoms with van der Waals surface area (Å²) in [5.74, 6) is 2.94. The molecule has 0 spiro atoms. The van der Waals surface area contributed by atoms with Gasteiger partial charge >= 0.3 is 0 Å². The highest BCUT2D eigenvalue weighted by molar-refractivity contribution is 5.85. The van der Waals surface area contributed by atoms with Crippen molar-refractivity contribution in [2.24, 2.45) is 0 Å². The first kappa shape index (κ1) is 24.8. The number of hydrogen-bond acceptors (Lipinski definition) is 4. The summed E-state index contributed by atoms with van der Waals surface area (Å²) in [5, 5.41) is 3.40. The van der Waals surface area contributed by atoms with Gasteiger partial charge in [-0.15, -0.1) is 31.4 Å². The van der Waals surface area contributed by atoms with Gasteiger partial charge in [-0.25, -0.2) is 0 Å². The van der Waals surface area contributed by atoms with Gasteiger partial charge in [-0.05, 0) is 42.0 Å². The molecule has 0 aromatic heterocycles. The third-order valence-corrected chi connectivity index (χ3v) is 5.02. The molecule has 0 aliphatic carbocycles. The number of nitrogens with one attached hydrogen (secondary N) is 1. The summed E-state index contributed by atoms with van der Waals surface area (Å²) in [6, 6.07) is 25.8. The Bertz CT molecular complexity index is 933. The number of rotatable bonds is 7. The van der Waals surface area contributed by atoms with Crippen molar-refractivity contribution >= 4 is 24.8 Å². The van der Waals surface area contributed by atoms with Crippen molar-refractivity contribution in [3.63, 3.8) is 0 Å². The van der Waals surface area contributed by atoms with Gasteiger partial charge in [-0.3, -0.25) is 4.90 Å². The molecule has 1 aliphatic heterocycles. The van der Waals surface area contributed by atoms with Gasteiger partial charge in [0.1, 0.15) is 11.5 Å². The average Bonchev–Trinajstić information content (AvgIpc) is 2.78. The highest BCUT2D eigenvalue weighted by atomic mass is 35.5. The summed E-state index contributed by atoms with van der Waals surface area (Å²) in [5.41, 5.74) is 1.15. The molecule has 1 saturated heterocycles. The van der Waals surface area contributed by atoms with Gasteiger partial charge in [0.05, 0.1) is 6.04 Å². The van der Waals surface area contributed by atoms with Crippen molar-refractivity contribution in [3.05, 3.63) is 97.1 Å². The highest BCUT2D eigenvalue weighted by Crippen LogP contribution is 2.38. The van der Waals surface area contributed by atoms with Crippen molar-refractivity contribution < 1.29 is 9.47 Å². The molecule has 1 aliphatic rings. The zero-order chi connectivity index (χ0) is 19.9. The van der Waals surface area contributed by atoms with Gasteiger partial charge in [0, 0.05) is 26.2 Å². The molecule has 1 N–H and O–H groups in total. The molecule has 3 aromatic rings. The first-order valence-corrected chi connectivity index (χ1v) is 10.0. The maximum atomic E-state index is 6.21. The molecule has 6 heteroatoms. The normalized spacial score (nSPS) is 14.5. The van der Waals surface area contributed by atoms with Crippen LogP contribution in [0.15, 0.2) is 91.5 Å². The SMILES string of the molecule is C=C[C@@H](c1ccc(Oc2ccccc2)c(Oc2ccccc2)c1)N1CCNCC1.Cl.Cl. The maximum absolute atomic E-state index is 6.21. The van der Waals surface area contributed by atoms with Gasteiger partial charge < -0.3 is 14.8 Å². The lowest BCUT2D eigenvalue weighted by Gasteiger charge is -2.33. The smallest absolute Gasteiger partial charge is 0.170 e. The first-order valence-electron chi connectivity index (χ1n) is 10.0. The van der Waals surface area contributed by atoms with E-state index < -0.39 is 0 Å². The fraction of sp³-hybridized carbons (Fsp3) is 0.200. The lowest BCUT2D eigenvalue weighted by atomic mass is 10.0. The Morgan fingerprint density at radius 1 is 0.774 bits per heavy atom. The van der Waals surface area contributed by atoms with Crippen LogP contribution in [-0.2, 0) is 0 Å². The summed E-state index contributed by atoms with van der Waals surface area (Å²) >= 11 is 0. The van der Waals surface area contributed by atoms with Crippen LogP contribution in [0, 0.1) is 0 Å². The van der Waals surface area contributed by atoms with Crippen LogP contribution >= 0.6 is 24.8 Å². The van der Waals surface area contributed by atoms with Crippen molar-refractivity contribution in [2.75, 3.05) is 26.2 Å². The number of piperazine rings is 1. The van der Waals surface area contributed by atoms with Gasteiger partial charge in [0.2, 0.25) is 0 Å². The molecule has 3 aromatic carbocycles. The summed E-state index contributed by atoms with van der Waals surface area (Å²) in [6.07, 6.45) is 2.00. The second-order valence-corrected chi connectivity index (χ2v) is 7.00. The average molecular weight is 459 g/mol. The molecule has 0 amide bonds. The number of hydrogen-bond donors (Lipinski definition) is 1. The van der Waals surface area contributed by atoms with E-state index in [1.165, 1.54) is 0 Å². The molecule has 1 atom stereocenters. The lowest BCUT2D eigenvalue weighted by Crippen LogP contribution is -2.44. The molecule has 4 nitrogen and oxygen atoms in total. The summed E-state index contributed by atoms with van der Waals surface area (Å²) in [6.45, 7) is 8.06. The Morgan fingerprint density at radius 3 is 1.87 bits per heavy atom. The lowest BCUT2D eigenvalue weighted by molar-refractivity contribution is 0.203. The quantitative estimate of drug-likeness (QED) is 0.424. The number of halogens is 2. The Kier molecular flexibility index (Phi) is 9.89. The fourth-order valence-electron chi connectivity index (χ4n) is 3.56. The molecular formula is C25H28Cl2N2O2. The molecule has 31 heavy (non-hydrogen) atoms. The summed E-state index contributed by atoms with van der Waals surface area (Å²) in [7, 11) is 0. The third kappa shape index (κ3) is 6.49. The number of nitrogens with zero attached hydrogens (tertiary/aromatic N) is 1. The topological polar surface area (TPSA) is 33.7 Å². The van der Waals surface area contributed by atoms with E-state index in [1.807, 2.05) is 72.8 Å². The largest absolute Gasteiger partial charge is 0.453 e. The van der Waals surface area contributed by atoms with E-state index in [2.05, 4.69) is 28.9 Å². The van der Waals surface area contributed by atoms with Gasteiger partial charge in [-0.1, -0.05) is 48.5 Å². The first-order chi connectivity index (χ1) is 14.3. The van der Waals surface area contributed by atoms with E-state index in [9.17, 15) is 0 Å². The Hall–Kier alpha value is -2.50. The Balaban J connectivity index is 0.00000171. The molecule has 0 bridgehead atoms. The van der Waals surface area contributed by atoms with E-state index in [0.29, 0.717) is 11.5 Å². The third-order valence-electron chi connectivity index (χ3n) is 5.02. The predicted octanol–water partition coefficient (Wildman–Crippen LogP) is 6.25. The van der Waals surface area contributed by atoms with E-state index in [-0.39, 0.29) is 30.9 Å². The van der Waals surface area contributed by atoms with Gasteiger partial charge in [-0.2, -0.15) is 0 Å². The molecule has 0 saturated carbocycles. The molecule has 0 unspecified atom stereocenters. The minimum atomic E-state index is 0. The van der Waals surface area contributed by atoms with Crippen LogP contribution in [0.1, 0.15) is 11.6 Å². The van der Waals surface area contributed by atoms with Crippen LogP contribution in [0.3, 0.4) is 0 Å². The fourth-order valence-corrected chi connectivity index (χ4v) is 3.56. The molecular weight excluding hydrogens is 431 g/mol. The van der Waals surface area contributed by atoms with E-state index in [1.54, 1.807) is 0 Å². The molecule has 0 radical (unpaired) electrons. The van der Waals surface area contributed by atoms with Crippen LogP contribution in [0.5, 0.6) is 23.0 Å². The number of ether oxygens (including phenoxy) is 2. The maximum Gasteiger partial charge on any atom is 0.170 e. The summed E-state index contributed by atoms with van der Waals surface area (Å²) < 4.78 is 12.3. The van der Waals surface area contributed by atoms with Crippen LogP contribution in [0.4, 0.5) is 0 Å². The van der Waals surface area contributed by atoms with Crippen molar-refractivity contribution in [1.29, 1.82) is 0 Å². The van der Waals surface area contributed by atoms with Crippen molar-refractivity contribution in [3.8, 4) is 23.0 Å². The predicted molar refractivity (Wildman–Crippen MR) is 131 cm³/mol. The minimum Gasteiger partial charge on any atom is -0.453 e. The van der Waals surface area contributed by atoms with E-state index >= 15 is 0 Å². The molecule has 1 fully saturated rings. The molecule has 1 heterocycles. The van der Waals surface area contributed by atoms with E-state index in [4.69, 9.17) is 9.47 Å². The second kappa shape index (κ2) is 12.4. The van der Waals surface area contributed by atoms with Crippen LogP contribution in [0.25, 0.3) is 0 Å². The van der Waals surface area contributed by atoms with Crippen molar-refractivity contribution in [1.82, 2.24) is 10.2 Å².